The van der Waals surface area contributed by atoms with Crippen LogP contribution < -0.4 is 5.56 Å². The van der Waals surface area contributed by atoms with Gasteiger partial charge in [0.05, 0.1) is 16.8 Å². The van der Waals surface area contributed by atoms with Gasteiger partial charge >= 0.3 is 5.97 Å². The number of carboxylic acids is 1. The molecule has 0 amide bonds. The van der Waals surface area contributed by atoms with E-state index < -0.39 is 5.97 Å². The average molecular weight is 392 g/mol. The van der Waals surface area contributed by atoms with E-state index in [4.69, 9.17) is 4.52 Å². The Morgan fingerprint density at radius 2 is 1.79 bits per heavy atom. The number of nitrogens with zero attached hydrogens (tertiary/aromatic N) is 4. The Labute approximate surface area is 166 Å². The zero-order valence-corrected chi connectivity index (χ0v) is 16.6. The predicted molar refractivity (Wildman–Crippen MR) is 108 cm³/mol. The van der Waals surface area contributed by atoms with Gasteiger partial charge in [-0.1, -0.05) is 24.3 Å². The first-order valence-electron chi connectivity index (χ1n) is 9.20. The molecule has 3 heterocycles. The number of carboxylic acid groups (broad SMARTS) is 1. The van der Waals surface area contributed by atoms with E-state index in [1.807, 2.05) is 41.8 Å². The highest BCUT2D eigenvalue weighted by Gasteiger charge is 2.20. The first-order valence-corrected chi connectivity index (χ1v) is 9.20. The summed E-state index contributed by atoms with van der Waals surface area (Å²) in [5.41, 5.74) is 3.93. The van der Waals surface area contributed by atoms with Crippen LogP contribution in [-0.4, -0.2) is 30.4 Å². The highest BCUT2D eigenvalue weighted by Crippen LogP contribution is 2.31. The number of aryl methyl sites for hydroxylation is 4. The highest BCUT2D eigenvalue weighted by molar-refractivity contribution is 6.01. The summed E-state index contributed by atoms with van der Waals surface area (Å²) >= 11 is 0. The molecule has 4 aromatic rings. The number of hydrogen-bond acceptors (Lipinski definition) is 5. The molecule has 0 aliphatic carbocycles. The average Bonchev–Trinajstić information content (AvgIpc) is 3.17. The van der Waals surface area contributed by atoms with Gasteiger partial charge in [-0.05, 0) is 38.0 Å². The van der Waals surface area contributed by atoms with Crippen molar-refractivity contribution in [2.45, 2.75) is 27.3 Å². The Balaban J connectivity index is 1.88. The monoisotopic (exact) mass is 392 g/mol. The number of carbonyl (C=O) groups is 1. The third-order valence-electron chi connectivity index (χ3n) is 4.97. The SMILES string of the molecule is CCn1c(-c2ccc(-c3c(C)on(C)c3=O)cc2)cc2nc(C)nc(C(=O)O)c21. The van der Waals surface area contributed by atoms with Crippen LogP contribution in [0.25, 0.3) is 33.4 Å². The van der Waals surface area contributed by atoms with Crippen LogP contribution in [0.2, 0.25) is 0 Å². The zero-order valence-electron chi connectivity index (χ0n) is 16.6. The first kappa shape index (κ1) is 18.7. The van der Waals surface area contributed by atoms with Crippen LogP contribution in [0.4, 0.5) is 0 Å². The third kappa shape index (κ3) is 2.93. The molecule has 3 aromatic heterocycles. The molecule has 1 aromatic carbocycles. The lowest BCUT2D eigenvalue weighted by Gasteiger charge is -2.10. The summed E-state index contributed by atoms with van der Waals surface area (Å²) in [6.45, 7) is 5.95. The maximum Gasteiger partial charge on any atom is 0.356 e. The van der Waals surface area contributed by atoms with Crippen LogP contribution in [0, 0.1) is 13.8 Å². The summed E-state index contributed by atoms with van der Waals surface area (Å²) in [4.78, 5) is 32.5. The van der Waals surface area contributed by atoms with Gasteiger partial charge in [0.25, 0.3) is 5.56 Å². The van der Waals surface area contributed by atoms with Crippen molar-refractivity contribution in [2.24, 2.45) is 7.05 Å². The van der Waals surface area contributed by atoms with Crippen molar-refractivity contribution >= 4 is 17.0 Å². The third-order valence-corrected chi connectivity index (χ3v) is 4.97. The molecule has 0 aliphatic rings. The molecule has 1 N–H and O–H groups in total. The lowest BCUT2D eigenvalue weighted by atomic mass is 10.0. The van der Waals surface area contributed by atoms with Gasteiger partial charge in [-0.15, -0.1) is 0 Å². The van der Waals surface area contributed by atoms with E-state index in [-0.39, 0.29) is 11.3 Å². The minimum absolute atomic E-state index is 0.00487. The summed E-state index contributed by atoms with van der Waals surface area (Å²) in [6.07, 6.45) is 0. The Morgan fingerprint density at radius 1 is 1.14 bits per heavy atom. The van der Waals surface area contributed by atoms with Crippen molar-refractivity contribution in [1.82, 2.24) is 19.3 Å². The standard InChI is InChI=1S/C21H20N4O4/c1-5-25-16(10-15-19(25)18(21(27)28)23-12(3)22-15)13-6-8-14(9-7-13)17-11(2)29-24(4)20(17)26/h6-10H,5H2,1-4H3,(H,27,28). The fourth-order valence-electron chi connectivity index (χ4n) is 3.73. The van der Waals surface area contributed by atoms with Crippen LogP contribution in [0.15, 0.2) is 39.6 Å². The quantitative estimate of drug-likeness (QED) is 0.571. The van der Waals surface area contributed by atoms with Crippen molar-refractivity contribution in [3.63, 3.8) is 0 Å². The van der Waals surface area contributed by atoms with Crippen molar-refractivity contribution < 1.29 is 14.4 Å². The van der Waals surface area contributed by atoms with Gasteiger partial charge in [0.1, 0.15) is 17.1 Å². The first-order chi connectivity index (χ1) is 13.8. The molecule has 0 unspecified atom stereocenters. The lowest BCUT2D eigenvalue weighted by molar-refractivity contribution is 0.0692. The topological polar surface area (TPSA) is 103 Å². The maximum atomic E-state index is 12.3. The van der Waals surface area contributed by atoms with Crippen molar-refractivity contribution in [2.75, 3.05) is 0 Å². The number of aromatic carboxylic acids is 1. The fraction of sp³-hybridized carbons (Fsp3) is 0.238. The molecular weight excluding hydrogens is 372 g/mol. The Bertz CT molecular complexity index is 1310. The molecule has 0 saturated heterocycles. The normalized spacial score (nSPS) is 11.3. The van der Waals surface area contributed by atoms with Crippen LogP contribution >= 0.6 is 0 Å². The molecule has 0 atom stereocenters. The summed E-state index contributed by atoms with van der Waals surface area (Å²) < 4.78 is 8.48. The van der Waals surface area contributed by atoms with Gasteiger partial charge < -0.3 is 14.2 Å². The van der Waals surface area contributed by atoms with Crippen LogP contribution in [-0.2, 0) is 13.6 Å². The summed E-state index contributed by atoms with van der Waals surface area (Å²) in [7, 11) is 1.58. The van der Waals surface area contributed by atoms with E-state index in [9.17, 15) is 14.7 Å². The van der Waals surface area contributed by atoms with Crippen LogP contribution in [0.1, 0.15) is 29.0 Å². The van der Waals surface area contributed by atoms with Crippen molar-refractivity contribution in [3.05, 3.63) is 58.0 Å². The number of rotatable bonds is 4. The number of fused-ring (bicyclic) bond motifs is 1. The second-order valence-corrected chi connectivity index (χ2v) is 6.83. The predicted octanol–water partition coefficient (Wildman–Crippen LogP) is 3.39. The Hall–Kier alpha value is -3.68. The van der Waals surface area contributed by atoms with Gasteiger partial charge in [-0.2, -0.15) is 4.74 Å². The van der Waals surface area contributed by atoms with Gasteiger partial charge in [0.15, 0.2) is 5.69 Å². The second kappa shape index (κ2) is 6.73. The fourth-order valence-corrected chi connectivity index (χ4v) is 3.73. The molecule has 8 nitrogen and oxygen atoms in total. The molecule has 0 bridgehead atoms. The summed E-state index contributed by atoms with van der Waals surface area (Å²) in [5, 5.41) is 9.58. The van der Waals surface area contributed by atoms with E-state index >= 15 is 0 Å². The molecule has 8 heteroatoms. The van der Waals surface area contributed by atoms with E-state index in [0.29, 0.717) is 34.7 Å². The number of aromatic nitrogens is 4. The van der Waals surface area contributed by atoms with Crippen LogP contribution in [0.5, 0.6) is 0 Å². The van der Waals surface area contributed by atoms with Crippen molar-refractivity contribution in [3.8, 4) is 22.4 Å². The van der Waals surface area contributed by atoms with E-state index in [0.717, 1.165) is 16.8 Å². The van der Waals surface area contributed by atoms with E-state index in [1.54, 1.807) is 20.9 Å². The second-order valence-electron chi connectivity index (χ2n) is 6.83. The number of hydrogen-bond donors (Lipinski definition) is 1. The highest BCUT2D eigenvalue weighted by atomic mass is 16.5. The van der Waals surface area contributed by atoms with Gasteiger partial charge in [0.2, 0.25) is 0 Å². The van der Waals surface area contributed by atoms with Gasteiger partial charge in [0, 0.05) is 13.6 Å². The smallest absolute Gasteiger partial charge is 0.356 e. The minimum Gasteiger partial charge on any atom is -0.476 e. The van der Waals surface area contributed by atoms with Crippen molar-refractivity contribution in [1.29, 1.82) is 0 Å². The maximum absolute atomic E-state index is 12.3. The molecule has 148 valence electrons. The molecular formula is C21H20N4O4. The Kier molecular flexibility index (Phi) is 4.34. The minimum atomic E-state index is -1.08. The molecule has 0 aliphatic heterocycles. The molecule has 0 spiro atoms. The van der Waals surface area contributed by atoms with Gasteiger partial charge in [-0.25, -0.2) is 14.8 Å². The molecule has 0 fully saturated rings. The van der Waals surface area contributed by atoms with Gasteiger partial charge in [-0.3, -0.25) is 4.79 Å². The molecule has 0 saturated carbocycles. The molecule has 29 heavy (non-hydrogen) atoms. The molecule has 0 radical (unpaired) electrons. The largest absolute Gasteiger partial charge is 0.476 e. The lowest BCUT2D eigenvalue weighted by Crippen LogP contribution is -2.11. The summed E-state index contributed by atoms with van der Waals surface area (Å²) in [6, 6.07) is 9.41. The summed E-state index contributed by atoms with van der Waals surface area (Å²) in [5.74, 6) is -0.109. The van der Waals surface area contributed by atoms with E-state index in [1.165, 1.54) is 4.74 Å². The van der Waals surface area contributed by atoms with E-state index in [2.05, 4.69) is 9.97 Å². The molecule has 4 rings (SSSR count). The van der Waals surface area contributed by atoms with Crippen LogP contribution in [0.3, 0.4) is 0 Å². The zero-order chi connectivity index (χ0) is 20.9. The Morgan fingerprint density at radius 3 is 2.34 bits per heavy atom. The number of benzene rings is 1.